The average molecular weight is 384 g/mol. The number of rotatable bonds is 16. The van der Waals surface area contributed by atoms with Crippen LogP contribution in [0.25, 0.3) is 0 Å². The van der Waals surface area contributed by atoms with Gasteiger partial charge in [0.05, 0.1) is 26.4 Å². The Hall–Kier alpha value is -1.48. The Morgan fingerprint density at radius 3 is 1.96 bits per heavy atom. The normalized spacial score (nSPS) is 21.0. The Labute approximate surface area is 160 Å². The van der Waals surface area contributed by atoms with Crippen molar-refractivity contribution in [3.8, 4) is 0 Å². The van der Waals surface area contributed by atoms with Crippen molar-refractivity contribution in [2.24, 2.45) is 0 Å². The van der Waals surface area contributed by atoms with E-state index in [4.69, 9.17) is 18.9 Å². The summed E-state index contributed by atoms with van der Waals surface area (Å²) in [7, 11) is 0. The molecule has 2 fully saturated rings. The van der Waals surface area contributed by atoms with Crippen molar-refractivity contribution < 1.29 is 28.5 Å². The molecule has 0 radical (unpaired) electrons. The zero-order chi connectivity index (χ0) is 19.3. The number of amides is 2. The number of carbonyl (C=O) groups excluding carboxylic acids is 2. The van der Waals surface area contributed by atoms with Crippen molar-refractivity contribution in [3.05, 3.63) is 11.6 Å². The molecule has 0 aromatic carbocycles. The average Bonchev–Trinajstić information content (AvgIpc) is 3.54. The fourth-order valence-corrected chi connectivity index (χ4v) is 2.28. The molecule has 2 unspecified atom stereocenters. The van der Waals surface area contributed by atoms with Crippen LogP contribution in [0.5, 0.6) is 0 Å². The van der Waals surface area contributed by atoms with E-state index in [0.717, 1.165) is 38.9 Å². The molecule has 0 saturated carbocycles. The van der Waals surface area contributed by atoms with E-state index in [-0.39, 0.29) is 11.8 Å². The first-order valence-electron chi connectivity index (χ1n) is 9.78. The van der Waals surface area contributed by atoms with Crippen molar-refractivity contribution in [1.29, 1.82) is 0 Å². The summed E-state index contributed by atoms with van der Waals surface area (Å²) in [6.45, 7) is 7.05. The van der Waals surface area contributed by atoms with Crippen LogP contribution in [0.4, 0.5) is 0 Å². The minimum atomic E-state index is -0.245. The summed E-state index contributed by atoms with van der Waals surface area (Å²) < 4.78 is 21.0. The molecule has 2 N–H and O–H groups in total. The van der Waals surface area contributed by atoms with E-state index in [9.17, 15) is 9.59 Å². The van der Waals surface area contributed by atoms with Crippen LogP contribution in [-0.4, -0.2) is 76.8 Å². The molecule has 2 aliphatic rings. The molecule has 8 heteroatoms. The molecule has 154 valence electrons. The molecule has 0 aliphatic carbocycles. The maximum Gasteiger partial charge on any atom is 0.247 e. The van der Waals surface area contributed by atoms with Crippen LogP contribution in [0, 0.1) is 0 Å². The van der Waals surface area contributed by atoms with Gasteiger partial charge in [-0.2, -0.15) is 0 Å². The number of hydrogen-bond acceptors (Lipinski definition) is 6. The van der Waals surface area contributed by atoms with Gasteiger partial charge in [-0.3, -0.25) is 9.59 Å². The van der Waals surface area contributed by atoms with E-state index in [0.29, 0.717) is 57.3 Å². The minimum absolute atomic E-state index is 0.215. The Balaban J connectivity index is 1.40. The maximum absolute atomic E-state index is 11.9. The lowest BCUT2D eigenvalue weighted by Crippen LogP contribution is -2.28. The molecule has 2 atom stereocenters. The van der Waals surface area contributed by atoms with Crippen LogP contribution in [0.15, 0.2) is 11.6 Å². The van der Waals surface area contributed by atoms with E-state index in [1.54, 1.807) is 6.92 Å². The lowest BCUT2D eigenvalue weighted by molar-refractivity contribution is -0.119. The number of ether oxygens (including phenoxy) is 4. The fraction of sp³-hybridized carbons (Fsp3) is 0.789. The molecule has 27 heavy (non-hydrogen) atoms. The second kappa shape index (κ2) is 12.8. The topological polar surface area (TPSA) is 102 Å². The predicted octanol–water partition coefficient (Wildman–Crippen LogP) is 0.556. The van der Waals surface area contributed by atoms with Gasteiger partial charge in [-0.1, -0.05) is 0 Å². The fourth-order valence-electron chi connectivity index (χ4n) is 2.28. The first kappa shape index (κ1) is 21.8. The SMILES string of the molecule is C/C(=C\C(=O)NCCCCOCC1CO1)C(=O)NCCCCOCC1CO1. The molecular weight excluding hydrogens is 352 g/mol. The zero-order valence-corrected chi connectivity index (χ0v) is 16.2. The van der Waals surface area contributed by atoms with Gasteiger partial charge in [0.25, 0.3) is 0 Å². The molecule has 2 saturated heterocycles. The zero-order valence-electron chi connectivity index (χ0n) is 16.2. The smallest absolute Gasteiger partial charge is 0.247 e. The van der Waals surface area contributed by atoms with E-state index >= 15 is 0 Å². The summed E-state index contributed by atoms with van der Waals surface area (Å²) in [4.78, 5) is 23.7. The summed E-state index contributed by atoms with van der Waals surface area (Å²) in [6.07, 6.45) is 5.37. The lowest BCUT2D eigenvalue weighted by atomic mass is 10.2. The van der Waals surface area contributed by atoms with Gasteiger partial charge in [-0.05, 0) is 32.6 Å². The Morgan fingerprint density at radius 2 is 1.44 bits per heavy atom. The number of carbonyl (C=O) groups is 2. The molecule has 2 aliphatic heterocycles. The number of epoxide rings is 2. The standard InChI is InChI=1S/C19H32N2O6/c1-15(19(23)21-7-3-5-9-25-12-17-14-27-17)10-18(22)20-6-2-4-8-24-11-16-13-26-16/h10,16-17H,2-9,11-14H2,1H3,(H,20,22)(H,21,23)/b15-10+. The maximum atomic E-state index is 11.9. The highest BCUT2D eigenvalue weighted by atomic mass is 16.6. The Bertz CT molecular complexity index is 489. The van der Waals surface area contributed by atoms with Crippen LogP contribution in [-0.2, 0) is 28.5 Å². The number of hydrogen-bond donors (Lipinski definition) is 2. The Morgan fingerprint density at radius 1 is 0.926 bits per heavy atom. The van der Waals surface area contributed by atoms with E-state index in [1.165, 1.54) is 6.08 Å². The molecule has 0 spiro atoms. The molecular formula is C19H32N2O6. The molecule has 0 aromatic heterocycles. The van der Waals surface area contributed by atoms with Crippen molar-refractivity contribution in [2.45, 2.75) is 44.8 Å². The van der Waals surface area contributed by atoms with Gasteiger partial charge in [0.1, 0.15) is 12.2 Å². The van der Waals surface area contributed by atoms with Crippen LogP contribution >= 0.6 is 0 Å². The summed E-state index contributed by atoms with van der Waals surface area (Å²) >= 11 is 0. The van der Waals surface area contributed by atoms with Gasteiger partial charge < -0.3 is 29.6 Å². The molecule has 2 heterocycles. The lowest BCUT2D eigenvalue weighted by Gasteiger charge is -2.07. The van der Waals surface area contributed by atoms with E-state index < -0.39 is 0 Å². The van der Waals surface area contributed by atoms with Gasteiger partial charge in [0, 0.05) is 38.0 Å². The van der Waals surface area contributed by atoms with Crippen molar-refractivity contribution in [2.75, 3.05) is 52.7 Å². The van der Waals surface area contributed by atoms with Crippen molar-refractivity contribution >= 4 is 11.8 Å². The minimum Gasteiger partial charge on any atom is -0.379 e. The van der Waals surface area contributed by atoms with Crippen LogP contribution in [0.2, 0.25) is 0 Å². The quantitative estimate of drug-likeness (QED) is 0.229. The third-order valence-corrected chi connectivity index (χ3v) is 4.13. The summed E-state index contributed by atoms with van der Waals surface area (Å²) in [5.41, 5.74) is 0.405. The highest BCUT2D eigenvalue weighted by molar-refractivity contribution is 6.00. The van der Waals surface area contributed by atoms with Gasteiger partial charge in [-0.15, -0.1) is 0 Å². The van der Waals surface area contributed by atoms with Crippen LogP contribution in [0.1, 0.15) is 32.6 Å². The number of unbranched alkanes of at least 4 members (excludes halogenated alkanes) is 2. The van der Waals surface area contributed by atoms with Gasteiger partial charge in [0.15, 0.2) is 0 Å². The van der Waals surface area contributed by atoms with Gasteiger partial charge >= 0.3 is 0 Å². The monoisotopic (exact) mass is 384 g/mol. The first-order valence-corrected chi connectivity index (χ1v) is 9.78. The predicted molar refractivity (Wildman–Crippen MR) is 99.4 cm³/mol. The molecule has 2 rings (SSSR count). The second-order valence-electron chi connectivity index (χ2n) is 6.85. The summed E-state index contributed by atoms with van der Waals surface area (Å²) in [5.74, 6) is -0.459. The van der Waals surface area contributed by atoms with E-state index in [1.807, 2.05) is 0 Å². The van der Waals surface area contributed by atoms with Gasteiger partial charge in [-0.25, -0.2) is 0 Å². The summed E-state index contributed by atoms with van der Waals surface area (Å²) in [6, 6.07) is 0. The third-order valence-electron chi connectivity index (χ3n) is 4.13. The van der Waals surface area contributed by atoms with Crippen molar-refractivity contribution in [1.82, 2.24) is 10.6 Å². The molecule has 2 amide bonds. The Kier molecular flexibility index (Phi) is 10.4. The summed E-state index contributed by atoms with van der Waals surface area (Å²) in [5, 5.41) is 5.59. The van der Waals surface area contributed by atoms with Gasteiger partial charge in [0.2, 0.25) is 11.8 Å². The highest BCUT2D eigenvalue weighted by Crippen LogP contribution is 2.09. The third kappa shape index (κ3) is 11.8. The van der Waals surface area contributed by atoms with Crippen LogP contribution < -0.4 is 10.6 Å². The number of nitrogens with one attached hydrogen (secondary N) is 2. The molecule has 8 nitrogen and oxygen atoms in total. The van der Waals surface area contributed by atoms with E-state index in [2.05, 4.69) is 10.6 Å². The molecule has 0 aromatic rings. The highest BCUT2D eigenvalue weighted by Gasteiger charge is 2.22. The second-order valence-corrected chi connectivity index (χ2v) is 6.85. The molecule has 0 bridgehead atoms. The largest absolute Gasteiger partial charge is 0.379 e. The first-order chi connectivity index (χ1) is 13.1. The van der Waals surface area contributed by atoms with Crippen LogP contribution in [0.3, 0.4) is 0 Å². The van der Waals surface area contributed by atoms with Crippen molar-refractivity contribution in [3.63, 3.8) is 0 Å².